The first-order valence-corrected chi connectivity index (χ1v) is 12.5. The molecule has 2 aliphatic heterocycles. The summed E-state index contributed by atoms with van der Waals surface area (Å²) >= 11 is 0. The number of esters is 1. The maximum absolute atomic E-state index is 13.2. The molecule has 3 aromatic rings. The van der Waals surface area contributed by atoms with E-state index in [-0.39, 0.29) is 13.2 Å². The molecule has 10 nitrogen and oxygen atoms in total. The SMILES string of the molecule is O=C(COc1ccccc1)N[C@H]1C(=O)N(C(O)C(=O)OCc2ccccc2)[C@H]1c1ccccc1C1OCCO1. The van der Waals surface area contributed by atoms with E-state index in [1.165, 1.54) is 0 Å². The summed E-state index contributed by atoms with van der Waals surface area (Å²) in [6.45, 7) is 0.412. The van der Waals surface area contributed by atoms with Crippen LogP contribution < -0.4 is 10.1 Å². The van der Waals surface area contributed by atoms with E-state index in [4.69, 9.17) is 18.9 Å². The Kier molecular flexibility index (Phi) is 8.16. The number of amides is 2. The van der Waals surface area contributed by atoms with Gasteiger partial charge in [-0.3, -0.25) is 14.5 Å². The van der Waals surface area contributed by atoms with Crippen molar-refractivity contribution in [2.45, 2.75) is 31.2 Å². The molecule has 202 valence electrons. The lowest BCUT2D eigenvalue weighted by atomic mass is 9.85. The fraction of sp³-hybridized carbons (Fsp3) is 0.276. The van der Waals surface area contributed by atoms with Crippen molar-refractivity contribution in [1.29, 1.82) is 0 Å². The van der Waals surface area contributed by atoms with Crippen molar-refractivity contribution >= 4 is 17.8 Å². The highest BCUT2D eigenvalue weighted by molar-refractivity contribution is 5.96. The van der Waals surface area contributed by atoms with Crippen molar-refractivity contribution in [2.24, 2.45) is 0 Å². The molecule has 0 aliphatic carbocycles. The van der Waals surface area contributed by atoms with Gasteiger partial charge in [-0.05, 0) is 23.3 Å². The summed E-state index contributed by atoms with van der Waals surface area (Å²) in [4.78, 5) is 39.8. The van der Waals surface area contributed by atoms with Crippen LogP contribution in [-0.2, 0) is 35.2 Å². The summed E-state index contributed by atoms with van der Waals surface area (Å²) in [5, 5.41) is 13.6. The first-order chi connectivity index (χ1) is 19.0. The van der Waals surface area contributed by atoms with Crippen molar-refractivity contribution in [3.63, 3.8) is 0 Å². The molecule has 2 fully saturated rings. The number of aliphatic hydroxyl groups is 1. The number of ether oxygens (including phenoxy) is 4. The molecule has 2 aliphatic rings. The lowest BCUT2D eigenvalue weighted by Gasteiger charge is -2.49. The number of nitrogens with one attached hydrogen (secondary N) is 1. The zero-order valence-corrected chi connectivity index (χ0v) is 21.0. The van der Waals surface area contributed by atoms with E-state index >= 15 is 0 Å². The number of hydrogen-bond donors (Lipinski definition) is 2. The van der Waals surface area contributed by atoms with Gasteiger partial charge in [0, 0.05) is 5.56 Å². The Morgan fingerprint density at radius 3 is 2.23 bits per heavy atom. The van der Waals surface area contributed by atoms with Crippen molar-refractivity contribution in [3.8, 4) is 5.75 Å². The van der Waals surface area contributed by atoms with Crippen LogP contribution in [0.15, 0.2) is 84.9 Å². The second-order valence-corrected chi connectivity index (χ2v) is 9.01. The minimum absolute atomic E-state index is 0.0687. The second-order valence-electron chi connectivity index (χ2n) is 9.01. The zero-order valence-electron chi connectivity index (χ0n) is 21.0. The summed E-state index contributed by atoms with van der Waals surface area (Å²) in [7, 11) is 0. The highest BCUT2D eigenvalue weighted by Gasteiger charge is 2.54. The van der Waals surface area contributed by atoms with Crippen molar-refractivity contribution in [2.75, 3.05) is 19.8 Å². The topological polar surface area (TPSA) is 124 Å². The monoisotopic (exact) mass is 532 g/mol. The molecule has 0 saturated carbocycles. The van der Waals surface area contributed by atoms with Gasteiger partial charge in [-0.25, -0.2) is 4.79 Å². The van der Waals surface area contributed by atoms with Gasteiger partial charge in [0.1, 0.15) is 18.4 Å². The quantitative estimate of drug-likeness (QED) is 0.301. The molecular weight excluding hydrogens is 504 g/mol. The van der Waals surface area contributed by atoms with Gasteiger partial charge in [0.25, 0.3) is 11.8 Å². The molecular formula is C29H28N2O8. The number of para-hydroxylation sites is 1. The van der Waals surface area contributed by atoms with Gasteiger partial charge < -0.3 is 29.4 Å². The van der Waals surface area contributed by atoms with Crippen LogP contribution in [-0.4, -0.2) is 59.9 Å². The average molecular weight is 533 g/mol. The van der Waals surface area contributed by atoms with E-state index in [0.717, 1.165) is 10.5 Å². The van der Waals surface area contributed by atoms with Crippen LogP contribution in [0.5, 0.6) is 5.75 Å². The van der Waals surface area contributed by atoms with E-state index in [1.54, 1.807) is 72.8 Å². The third-order valence-electron chi connectivity index (χ3n) is 6.45. The van der Waals surface area contributed by atoms with Gasteiger partial charge in [0.05, 0.1) is 19.3 Å². The van der Waals surface area contributed by atoms with Crippen LogP contribution in [0.3, 0.4) is 0 Å². The number of aliphatic hydroxyl groups excluding tert-OH is 1. The number of likely N-dealkylation sites (tertiary alicyclic amines) is 1. The predicted molar refractivity (Wildman–Crippen MR) is 137 cm³/mol. The van der Waals surface area contributed by atoms with Gasteiger partial charge in [-0.15, -0.1) is 0 Å². The average Bonchev–Trinajstić information content (AvgIpc) is 3.52. The standard InChI is InChI=1S/C29H28N2O8/c32-23(18-38-20-11-5-2-6-12-20)30-24-25(21-13-7-8-14-22(21)29-36-15-16-37-29)31(26(24)33)27(34)28(35)39-17-19-9-3-1-4-10-19/h1-14,24-25,27,29,34H,15-18H2,(H,30,32)/t24-,25+,27?/m1/s1. The summed E-state index contributed by atoms with van der Waals surface area (Å²) in [6.07, 6.45) is -2.57. The normalized spacial score (nSPS) is 19.7. The smallest absolute Gasteiger partial charge is 0.356 e. The minimum Gasteiger partial charge on any atom is -0.484 e. The summed E-state index contributed by atoms with van der Waals surface area (Å²) in [6, 6.07) is 22.9. The molecule has 5 rings (SSSR count). The highest BCUT2D eigenvalue weighted by atomic mass is 16.7. The summed E-state index contributed by atoms with van der Waals surface area (Å²) in [5.74, 6) is -1.66. The number of β-lactam (4-membered cyclic amide) rings is 1. The van der Waals surface area contributed by atoms with Crippen molar-refractivity contribution < 1.29 is 38.4 Å². The van der Waals surface area contributed by atoms with Crippen LogP contribution in [0.4, 0.5) is 0 Å². The van der Waals surface area contributed by atoms with Crippen molar-refractivity contribution in [3.05, 3.63) is 102 Å². The molecule has 39 heavy (non-hydrogen) atoms. The fourth-order valence-electron chi connectivity index (χ4n) is 4.58. The maximum atomic E-state index is 13.2. The lowest BCUT2D eigenvalue weighted by Crippen LogP contribution is -2.69. The highest BCUT2D eigenvalue weighted by Crippen LogP contribution is 2.41. The molecule has 1 unspecified atom stereocenters. The Balaban J connectivity index is 1.34. The predicted octanol–water partition coefficient (Wildman–Crippen LogP) is 2.24. The van der Waals surface area contributed by atoms with Gasteiger partial charge in [-0.1, -0.05) is 72.8 Å². The molecule has 0 radical (unpaired) electrons. The number of hydrogen-bond acceptors (Lipinski definition) is 8. The number of carbonyl (C=O) groups excluding carboxylic acids is 3. The zero-order chi connectivity index (χ0) is 27.2. The Morgan fingerprint density at radius 2 is 1.54 bits per heavy atom. The van der Waals surface area contributed by atoms with Gasteiger partial charge >= 0.3 is 5.97 Å². The lowest BCUT2D eigenvalue weighted by molar-refractivity contribution is -0.189. The molecule has 10 heteroatoms. The Morgan fingerprint density at radius 1 is 0.923 bits per heavy atom. The van der Waals surface area contributed by atoms with E-state index in [2.05, 4.69) is 5.32 Å². The third kappa shape index (κ3) is 5.93. The Labute approximate surface area is 225 Å². The molecule has 2 N–H and O–H groups in total. The number of nitrogens with zero attached hydrogens (tertiary/aromatic N) is 1. The number of benzene rings is 3. The molecule has 0 aromatic heterocycles. The number of carbonyl (C=O) groups is 3. The number of rotatable bonds is 10. The largest absolute Gasteiger partial charge is 0.484 e. The second kappa shape index (κ2) is 12.1. The molecule has 3 atom stereocenters. The van der Waals surface area contributed by atoms with Crippen LogP contribution in [0.2, 0.25) is 0 Å². The van der Waals surface area contributed by atoms with E-state index < -0.39 is 42.4 Å². The van der Waals surface area contributed by atoms with Gasteiger partial charge in [-0.2, -0.15) is 0 Å². The Hall–Kier alpha value is -4.25. The summed E-state index contributed by atoms with van der Waals surface area (Å²) < 4.78 is 22.1. The van der Waals surface area contributed by atoms with Crippen LogP contribution in [0.1, 0.15) is 29.0 Å². The molecule has 2 heterocycles. The first-order valence-electron chi connectivity index (χ1n) is 12.5. The molecule has 2 amide bonds. The molecule has 0 spiro atoms. The fourth-order valence-corrected chi connectivity index (χ4v) is 4.58. The Bertz CT molecular complexity index is 1300. The van der Waals surface area contributed by atoms with E-state index in [9.17, 15) is 19.5 Å². The van der Waals surface area contributed by atoms with Crippen molar-refractivity contribution in [1.82, 2.24) is 10.2 Å². The van der Waals surface area contributed by atoms with E-state index in [1.807, 2.05) is 12.1 Å². The first kappa shape index (κ1) is 26.4. The van der Waals surface area contributed by atoms with Crippen LogP contribution in [0, 0.1) is 0 Å². The third-order valence-corrected chi connectivity index (χ3v) is 6.45. The molecule has 3 aromatic carbocycles. The minimum atomic E-state index is -1.89. The van der Waals surface area contributed by atoms with Gasteiger partial charge in [0.15, 0.2) is 12.9 Å². The molecule has 0 bridgehead atoms. The van der Waals surface area contributed by atoms with E-state index in [0.29, 0.717) is 30.1 Å². The van der Waals surface area contributed by atoms with Crippen LogP contribution in [0.25, 0.3) is 0 Å². The maximum Gasteiger partial charge on any atom is 0.356 e. The van der Waals surface area contributed by atoms with Gasteiger partial charge in [0.2, 0.25) is 6.23 Å². The molecule has 2 saturated heterocycles. The van der Waals surface area contributed by atoms with Crippen LogP contribution >= 0.6 is 0 Å². The summed E-state index contributed by atoms with van der Waals surface area (Å²) in [5.41, 5.74) is 1.92.